The quantitative estimate of drug-likeness (QED) is 0.887. The summed E-state index contributed by atoms with van der Waals surface area (Å²) in [6, 6.07) is 7.17. The normalized spacial score (nSPS) is 21.5. The summed E-state index contributed by atoms with van der Waals surface area (Å²) < 4.78 is 10.8. The van der Waals surface area contributed by atoms with Crippen LogP contribution >= 0.6 is 0 Å². The third-order valence-electron chi connectivity index (χ3n) is 4.26. The molecule has 0 saturated carbocycles. The van der Waals surface area contributed by atoms with Crippen LogP contribution in [0.1, 0.15) is 6.92 Å². The fraction of sp³-hybridized carbons (Fsp3) is 0.500. The Morgan fingerprint density at radius 3 is 2.65 bits per heavy atom. The molecule has 1 aromatic carbocycles. The number of hydrogen-bond donors (Lipinski definition) is 1. The van der Waals surface area contributed by atoms with E-state index in [4.69, 9.17) is 9.47 Å². The molecule has 2 atom stereocenters. The van der Waals surface area contributed by atoms with Crippen LogP contribution < -0.4 is 14.8 Å². The molecule has 7 heteroatoms. The topological polar surface area (TPSA) is 71.1 Å². The van der Waals surface area contributed by atoms with Crippen molar-refractivity contribution in [3.63, 3.8) is 0 Å². The molecule has 0 spiro atoms. The van der Waals surface area contributed by atoms with Gasteiger partial charge in [0.25, 0.3) is 5.91 Å². The molecule has 2 fully saturated rings. The third-order valence-corrected chi connectivity index (χ3v) is 4.26. The van der Waals surface area contributed by atoms with Crippen LogP contribution in [0.3, 0.4) is 0 Å². The van der Waals surface area contributed by atoms with Crippen molar-refractivity contribution in [3.8, 4) is 11.5 Å². The Labute approximate surface area is 135 Å². The standard InChI is InChI=1S/C16H21N3O4/c1-11(23-14-5-3-13(22-2)4-6-14)15(20)18-7-8-19-12(10-18)9-17-16(19)21/h3-6,11-12H,7-10H2,1-2H3,(H,17,21)/t11-,12-/m1/s1. The first-order valence-electron chi connectivity index (χ1n) is 7.72. The number of methoxy groups -OCH3 is 1. The number of ether oxygens (including phenoxy) is 2. The lowest BCUT2D eigenvalue weighted by Crippen LogP contribution is -2.56. The van der Waals surface area contributed by atoms with Crippen molar-refractivity contribution < 1.29 is 19.1 Å². The van der Waals surface area contributed by atoms with E-state index in [0.29, 0.717) is 31.9 Å². The predicted octanol–water partition coefficient (Wildman–Crippen LogP) is 0.698. The molecule has 2 aliphatic rings. The monoisotopic (exact) mass is 319 g/mol. The highest BCUT2D eigenvalue weighted by Gasteiger charge is 2.38. The van der Waals surface area contributed by atoms with Gasteiger partial charge in [-0.25, -0.2) is 4.79 Å². The molecule has 2 aliphatic heterocycles. The van der Waals surface area contributed by atoms with Gasteiger partial charge in [0.1, 0.15) is 11.5 Å². The van der Waals surface area contributed by atoms with Crippen LogP contribution in [-0.4, -0.2) is 67.2 Å². The van der Waals surface area contributed by atoms with Gasteiger partial charge in [-0.2, -0.15) is 0 Å². The second-order valence-corrected chi connectivity index (χ2v) is 5.75. The molecule has 0 radical (unpaired) electrons. The van der Waals surface area contributed by atoms with Gasteiger partial charge in [-0.15, -0.1) is 0 Å². The first-order valence-corrected chi connectivity index (χ1v) is 7.72. The molecule has 23 heavy (non-hydrogen) atoms. The maximum Gasteiger partial charge on any atom is 0.317 e. The fourth-order valence-electron chi connectivity index (χ4n) is 2.97. The molecule has 1 N–H and O–H groups in total. The Morgan fingerprint density at radius 1 is 1.26 bits per heavy atom. The van der Waals surface area contributed by atoms with Crippen LogP contribution in [0, 0.1) is 0 Å². The van der Waals surface area contributed by atoms with Gasteiger partial charge in [-0.3, -0.25) is 4.79 Å². The highest BCUT2D eigenvalue weighted by atomic mass is 16.5. The van der Waals surface area contributed by atoms with Gasteiger partial charge in [0, 0.05) is 26.2 Å². The number of rotatable bonds is 4. The summed E-state index contributed by atoms with van der Waals surface area (Å²) in [4.78, 5) is 27.7. The number of carbonyl (C=O) groups is 2. The average molecular weight is 319 g/mol. The van der Waals surface area contributed by atoms with Gasteiger partial charge in [-0.1, -0.05) is 0 Å². The summed E-state index contributed by atoms with van der Waals surface area (Å²) in [6.45, 7) is 4.00. The lowest BCUT2D eigenvalue weighted by Gasteiger charge is -2.37. The number of carbonyl (C=O) groups excluding carboxylic acids is 2. The van der Waals surface area contributed by atoms with Crippen molar-refractivity contribution in [3.05, 3.63) is 24.3 Å². The minimum atomic E-state index is -0.569. The van der Waals surface area contributed by atoms with Crippen LogP contribution in [0.25, 0.3) is 0 Å². The molecule has 1 aromatic rings. The average Bonchev–Trinajstić information content (AvgIpc) is 2.95. The molecule has 2 heterocycles. The van der Waals surface area contributed by atoms with Crippen LogP contribution in [0.4, 0.5) is 4.79 Å². The molecule has 7 nitrogen and oxygen atoms in total. The van der Waals surface area contributed by atoms with Gasteiger partial charge < -0.3 is 24.6 Å². The van der Waals surface area contributed by atoms with Gasteiger partial charge in [-0.05, 0) is 31.2 Å². The van der Waals surface area contributed by atoms with E-state index in [-0.39, 0.29) is 18.0 Å². The van der Waals surface area contributed by atoms with Gasteiger partial charge >= 0.3 is 6.03 Å². The Morgan fingerprint density at radius 2 is 1.96 bits per heavy atom. The van der Waals surface area contributed by atoms with E-state index in [0.717, 1.165) is 5.75 Å². The van der Waals surface area contributed by atoms with Crippen molar-refractivity contribution in [1.29, 1.82) is 0 Å². The van der Waals surface area contributed by atoms with Crippen molar-refractivity contribution in [1.82, 2.24) is 15.1 Å². The van der Waals surface area contributed by atoms with Crippen molar-refractivity contribution >= 4 is 11.9 Å². The van der Waals surface area contributed by atoms with Gasteiger partial charge in [0.05, 0.1) is 13.2 Å². The molecular weight excluding hydrogens is 298 g/mol. The molecule has 3 amide bonds. The summed E-state index contributed by atoms with van der Waals surface area (Å²) in [7, 11) is 1.60. The van der Waals surface area contributed by atoms with E-state index < -0.39 is 6.10 Å². The third kappa shape index (κ3) is 3.18. The number of hydrogen-bond acceptors (Lipinski definition) is 4. The molecule has 0 bridgehead atoms. The van der Waals surface area contributed by atoms with Crippen LogP contribution in [0.5, 0.6) is 11.5 Å². The molecule has 2 saturated heterocycles. The Kier molecular flexibility index (Phi) is 4.27. The number of piperazine rings is 1. The maximum atomic E-state index is 12.5. The minimum Gasteiger partial charge on any atom is -0.497 e. The number of amides is 3. The predicted molar refractivity (Wildman–Crippen MR) is 83.6 cm³/mol. The van der Waals surface area contributed by atoms with Gasteiger partial charge in [0.2, 0.25) is 0 Å². The van der Waals surface area contributed by atoms with E-state index in [1.165, 1.54) is 0 Å². The number of nitrogens with zero attached hydrogens (tertiary/aromatic N) is 2. The van der Waals surface area contributed by atoms with E-state index >= 15 is 0 Å². The summed E-state index contributed by atoms with van der Waals surface area (Å²) >= 11 is 0. The molecule has 0 aliphatic carbocycles. The van der Waals surface area contributed by atoms with Crippen LogP contribution in [-0.2, 0) is 4.79 Å². The lowest BCUT2D eigenvalue weighted by molar-refractivity contribution is -0.140. The van der Waals surface area contributed by atoms with Crippen molar-refractivity contribution in [2.75, 3.05) is 33.3 Å². The summed E-state index contributed by atoms with van der Waals surface area (Å²) in [6.07, 6.45) is -0.569. The first-order chi connectivity index (χ1) is 11.1. The second-order valence-electron chi connectivity index (χ2n) is 5.75. The summed E-state index contributed by atoms with van der Waals surface area (Å²) in [5.41, 5.74) is 0. The fourth-order valence-corrected chi connectivity index (χ4v) is 2.97. The number of urea groups is 1. The van der Waals surface area contributed by atoms with E-state index in [1.807, 2.05) is 0 Å². The van der Waals surface area contributed by atoms with E-state index in [2.05, 4.69) is 5.32 Å². The van der Waals surface area contributed by atoms with Crippen LogP contribution in [0.2, 0.25) is 0 Å². The molecule has 124 valence electrons. The zero-order valence-corrected chi connectivity index (χ0v) is 13.3. The van der Waals surface area contributed by atoms with Crippen LogP contribution in [0.15, 0.2) is 24.3 Å². The molecule has 3 rings (SSSR count). The number of fused-ring (bicyclic) bond motifs is 1. The van der Waals surface area contributed by atoms with Crippen molar-refractivity contribution in [2.24, 2.45) is 0 Å². The maximum absolute atomic E-state index is 12.5. The smallest absolute Gasteiger partial charge is 0.317 e. The Hall–Kier alpha value is -2.44. The van der Waals surface area contributed by atoms with E-state index in [9.17, 15) is 9.59 Å². The highest BCUT2D eigenvalue weighted by Crippen LogP contribution is 2.20. The number of nitrogens with one attached hydrogen (secondary N) is 1. The largest absolute Gasteiger partial charge is 0.497 e. The molecular formula is C16H21N3O4. The second kappa shape index (κ2) is 6.36. The Balaban J connectivity index is 1.57. The molecule has 0 aromatic heterocycles. The highest BCUT2D eigenvalue weighted by molar-refractivity contribution is 5.82. The molecule has 0 unspecified atom stereocenters. The number of benzene rings is 1. The van der Waals surface area contributed by atoms with Crippen molar-refractivity contribution in [2.45, 2.75) is 19.1 Å². The minimum absolute atomic E-state index is 0.0374. The lowest BCUT2D eigenvalue weighted by atomic mass is 10.2. The summed E-state index contributed by atoms with van der Waals surface area (Å²) in [5, 5.41) is 2.81. The zero-order valence-electron chi connectivity index (χ0n) is 13.3. The SMILES string of the molecule is COc1ccc(O[C@H](C)C(=O)N2CCN3C(=O)NC[C@@H]3C2)cc1. The first kappa shape index (κ1) is 15.5. The van der Waals surface area contributed by atoms with Gasteiger partial charge in [0.15, 0.2) is 6.10 Å². The van der Waals surface area contributed by atoms with E-state index in [1.54, 1.807) is 48.1 Å². The zero-order chi connectivity index (χ0) is 16.4. The Bertz CT molecular complexity index is 589. The summed E-state index contributed by atoms with van der Waals surface area (Å²) in [5.74, 6) is 1.31.